The van der Waals surface area contributed by atoms with Crippen LogP contribution in [0.3, 0.4) is 0 Å². The second-order valence-electron chi connectivity index (χ2n) is 11.8. The van der Waals surface area contributed by atoms with E-state index in [1.165, 1.54) is 5.69 Å². The van der Waals surface area contributed by atoms with Crippen LogP contribution in [0.25, 0.3) is 0 Å². The first-order valence-electron chi connectivity index (χ1n) is 13.8. The van der Waals surface area contributed by atoms with Crippen molar-refractivity contribution < 1.29 is 18.7 Å². The first kappa shape index (κ1) is 26.3. The molecule has 0 unspecified atom stereocenters. The number of para-hydroxylation sites is 1. The second-order valence-corrected chi connectivity index (χ2v) is 11.8. The number of nitrogens with zero attached hydrogens (tertiary/aromatic N) is 3. The zero-order chi connectivity index (χ0) is 26.9. The molecule has 8 heteroatoms. The van der Waals surface area contributed by atoms with Crippen molar-refractivity contribution >= 4 is 23.4 Å². The van der Waals surface area contributed by atoms with Crippen LogP contribution in [-0.4, -0.2) is 67.8 Å². The van der Waals surface area contributed by atoms with Gasteiger partial charge in [-0.1, -0.05) is 24.3 Å². The summed E-state index contributed by atoms with van der Waals surface area (Å²) in [5, 5.41) is 3.25. The summed E-state index contributed by atoms with van der Waals surface area (Å²) in [6.45, 7) is 9.55. The van der Waals surface area contributed by atoms with E-state index in [2.05, 4.69) is 27.2 Å². The Balaban J connectivity index is 1.20. The minimum Gasteiger partial charge on any atom is -0.444 e. The Hall–Kier alpha value is -3.29. The fourth-order valence-corrected chi connectivity index (χ4v) is 5.60. The molecule has 38 heavy (non-hydrogen) atoms. The SMILES string of the molecule is CC(C)(C)OC(=O)N1CCN(c2ccc(C3(C(=O)N[C@H]4CCCN(c5ccccc5)C4)CC3)c(F)c2)CC1. The molecule has 2 amide bonds. The van der Waals surface area contributed by atoms with Crippen LogP contribution < -0.4 is 15.1 Å². The molecule has 3 fully saturated rings. The predicted octanol–water partition coefficient (Wildman–Crippen LogP) is 4.70. The van der Waals surface area contributed by atoms with E-state index >= 15 is 4.39 Å². The summed E-state index contributed by atoms with van der Waals surface area (Å²) in [6, 6.07) is 15.6. The Morgan fingerprint density at radius 1 is 0.947 bits per heavy atom. The topological polar surface area (TPSA) is 65.1 Å². The molecule has 2 aliphatic heterocycles. The normalized spacial score (nSPS) is 21.2. The molecule has 1 N–H and O–H groups in total. The van der Waals surface area contributed by atoms with Gasteiger partial charge in [0.2, 0.25) is 5.91 Å². The predicted molar refractivity (Wildman–Crippen MR) is 147 cm³/mol. The van der Waals surface area contributed by atoms with Crippen molar-refractivity contribution in [2.24, 2.45) is 0 Å². The van der Waals surface area contributed by atoms with Crippen molar-refractivity contribution in [3.05, 3.63) is 59.9 Å². The summed E-state index contributed by atoms with van der Waals surface area (Å²) in [5.74, 6) is -0.394. The average Bonchev–Trinajstić information content (AvgIpc) is 3.70. The van der Waals surface area contributed by atoms with Gasteiger partial charge in [-0.15, -0.1) is 0 Å². The number of carbonyl (C=O) groups excluding carboxylic acids is 2. The molecule has 2 heterocycles. The van der Waals surface area contributed by atoms with Crippen molar-refractivity contribution in [1.82, 2.24) is 10.2 Å². The lowest BCUT2D eigenvalue weighted by molar-refractivity contribution is -0.124. The lowest BCUT2D eigenvalue weighted by atomic mass is 9.93. The Morgan fingerprint density at radius 2 is 1.66 bits per heavy atom. The van der Waals surface area contributed by atoms with E-state index in [1.807, 2.05) is 45.0 Å². The summed E-state index contributed by atoms with van der Waals surface area (Å²) in [5.41, 5.74) is 1.13. The number of nitrogens with one attached hydrogen (secondary N) is 1. The summed E-state index contributed by atoms with van der Waals surface area (Å²) < 4.78 is 20.9. The lowest BCUT2D eigenvalue weighted by Crippen LogP contribution is -2.50. The number of piperazine rings is 1. The molecule has 0 spiro atoms. The third kappa shape index (κ3) is 5.74. The maximum Gasteiger partial charge on any atom is 0.410 e. The molecule has 2 saturated heterocycles. The smallest absolute Gasteiger partial charge is 0.410 e. The molecule has 2 aromatic rings. The zero-order valence-electron chi connectivity index (χ0n) is 22.7. The third-order valence-electron chi connectivity index (χ3n) is 7.83. The average molecular weight is 523 g/mol. The highest BCUT2D eigenvalue weighted by atomic mass is 19.1. The second kappa shape index (κ2) is 10.5. The van der Waals surface area contributed by atoms with Gasteiger partial charge >= 0.3 is 6.09 Å². The molecular formula is C30H39FN4O3. The highest BCUT2D eigenvalue weighted by Gasteiger charge is 2.53. The number of amides is 2. The summed E-state index contributed by atoms with van der Waals surface area (Å²) >= 11 is 0. The maximum absolute atomic E-state index is 15.5. The molecule has 1 saturated carbocycles. The third-order valence-corrected chi connectivity index (χ3v) is 7.83. The van der Waals surface area contributed by atoms with E-state index in [1.54, 1.807) is 17.0 Å². The Bertz CT molecular complexity index is 1150. The molecule has 2 aromatic carbocycles. The number of ether oxygens (including phenoxy) is 1. The number of anilines is 2. The molecule has 0 bridgehead atoms. The van der Waals surface area contributed by atoms with Crippen LogP contribution in [0.2, 0.25) is 0 Å². The van der Waals surface area contributed by atoms with E-state index in [-0.39, 0.29) is 23.9 Å². The van der Waals surface area contributed by atoms with Gasteiger partial charge in [0.05, 0.1) is 5.41 Å². The van der Waals surface area contributed by atoms with Gasteiger partial charge in [0, 0.05) is 62.2 Å². The van der Waals surface area contributed by atoms with E-state index < -0.39 is 11.0 Å². The molecule has 3 aliphatic rings. The largest absolute Gasteiger partial charge is 0.444 e. The fourth-order valence-electron chi connectivity index (χ4n) is 5.60. The Kier molecular flexibility index (Phi) is 7.25. The summed E-state index contributed by atoms with van der Waals surface area (Å²) in [6.07, 6.45) is 2.96. The summed E-state index contributed by atoms with van der Waals surface area (Å²) in [7, 11) is 0. The minimum atomic E-state index is -0.771. The number of piperidine rings is 1. The molecular weight excluding hydrogens is 483 g/mol. The first-order valence-corrected chi connectivity index (χ1v) is 13.8. The van der Waals surface area contributed by atoms with Gasteiger partial charge in [0.15, 0.2) is 0 Å². The van der Waals surface area contributed by atoms with E-state index in [9.17, 15) is 9.59 Å². The first-order chi connectivity index (χ1) is 18.1. The molecule has 0 radical (unpaired) electrons. The van der Waals surface area contributed by atoms with Gasteiger partial charge in [-0.3, -0.25) is 4.79 Å². The van der Waals surface area contributed by atoms with Crippen LogP contribution in [-0.2, 0) is 14.9 Å². The van der Waals surface area contributed by atoms with Crippen molar-refractivity contribution in [3.8, 4) is 0 Å². The van der Waals surface area contributed by atoms with Crippen LogP contribution in [0.1, 0.15) is 52.0 Å². The van der Waals surface area contributed by atoms with Crippen LogP contribution >= 0.6 is 0 Å². The molecule has 1 aliphatic carbocycles. The number of hydrogen-bond acceptors (Lipinski definition) is 5. The van der Waals surface area contributed by atoms with Crippen molar-refractivity contribution in [1.29, 1.82) is 0 Å². The van der Waals surface area contributed by atoms with Gasteiger partial charge in [0.25, 0.3) is 0 Å². The fraction of sp³-hybridized carbons (Fsp3) is 0.533. The van der Waals surface area contributed by atoms with E-state index in [0.29, 0.717) is 44.6 Å². The zero-order valence-corrected chi connectivity index (χ0v) is 22.7. The lowest BCUT2D eigenvalue weighted by Gasteiger charge is -2.37. The van der Waals surface area contributed by atoms with Gasteiger partial charge in [0.1, 0.15) is 11.4 Å². The van der Waals surface area contributed by atoms with Crippen molar-refractivity contribution in [2.75, 3.05) is 49.1 Å². The van der Waals surface area contributed by atoms with Gasteiger partial charge in [-0.05, 0) is 70.7 Å². The van der Waals surface area contributed by atoms with E-state index in [4.69, 9.17) is 4.74 Å². The number of halogens is 1. The van der Waals surface area contributed by atoms with Crippen molar-refractivity contribution in [2.45, 2.75) is 63.5 Å². The molecule has 0 aromatic heterocycles. The maximum atomic E-state index is 15.5. The number of benzene rings is 2. The van der Waals surface area contributed by atoms with Gasteiger partial charge in [-0.25, -0.2) is 9.18 Å². The van der Waals surface area contributed by atoms with E-state index in [0.717, 1.165) is 31.6 Å². The minimum absolute atomic E-state index is 0.0533. The van der Waals surface area contributed by atoms with Crippen molar-refractivity contribution in [3.63, 3.8) is 0 Å². The monoisotopic (exact) mass is 522 g/mol. The molecule has 1 atom stereocenters. The number of rotatable bonds is 5. The van der Waals surface area contributed by atoms with Crippen LogP contribution in [0.15, 0.2) is 48.5 Å². The molecule has 204 valence electrons. The Labute approximate surface area is 224 Å². The summed E-state index contributed by atoms with van der Waals surface area (Å²) in [4.78, 5) is 31.9. The van der Waals surface area contributed by atoms with Crippen LogP contribution in [0.5, 0.6) is 0 Å². The Morgan fingerprint density at radius 3 is 2.29 bits per heavy atom. The molecule has 5 rings (SSSR count). The highest BCUT2D eigenvalue weighted by Crippen LogP contribution is 2.50. The highest BCUT2D eigenvalue weighted by molar-refractivity contribution is 5.91. The van der Waals surface area contributed by atoms with Crippen LogP contribution in [0, 0.1) is 5.82 Å². The number of hydrogen-bond donors (Lipinski definition) is 1. The van der Waals surface area contributed by atoms with Gasteiger partial charge < -0.3 is 24.8 Å². The van der Waals surface area contributed by atoms with Gasteiger partial charge in [-0.2, -0.15) is 0 Å². The molecule has 7 nitrogen and oxygen atoms in total. The standard InChI is InChI=1S/C30H39FN4O3/c1-29(2,3)38-28(37)34-18-16-33(17-19-34)24-11-12-25(26(31)20-24)30(13-14-30)27(36)32-22-8-7-15-35(21-22)23-9-5-4-6-10-23/h4-6,9-12,20,22H,7-8,13-19,21H2,1-3H3,(H,32,36)/t22-/m0/s1. The quantitative estimate of drug-likeness (QED) is 0.617. The number of carbonyl (C=O) groups is 2. The van der Waals surface area contributed by atoms with Crippen LogP contribution in [0.4, 0.5) is 20.6 Å².